The molecule has 3 nitrogen and oxygen atoms in total. The number of anilines is 1. The Morgan fingerprint density at radius 2 is 2.08 bits per heavy atom. The van der Waals surface area contributed by atoms with Gasteiger partial charge in [0.05, 0.1) is 12.8 Å². The van der Waals surface area contributed by atoms with E-state index >= 15 is 0 Å². The minimum atomic E-state index is 0. The molecule has 0 unspecified atom stereocenters. The molecule has 0 aliphatic rings. The van der Waals surface area contributed by atoms with Gasteiger partial charge in [-0.3, -0.25) is 5.84 Å². The van der Waals surface area contributed by atoms with Gasteiger partial charge in [0, 0.05) is 11.1 Å². The summed E-state index contributed by atoms with van der Waals surface area (Å²) in [6.45, 7) is 1.91. The van der Waals surface area contributed by atoms with Crippen molar-refractivity contribution in [2.24, 2.45) is 5.84 Å². The Labute approximate surface area is 88.6 Å². The Kier molecular flexibility index (Phi) is 4.91. The number of nitrogens with two attached hydrogens (primary N) is 1. The van der Waals surface area contributed by atoms with Crippen molar-refractivity contribution in [2.45, 2.75) is 6.92 Å². The summed E-state index contributed by atoms with van der Waals surface area (Å²) in [7, 11) is 1.57. The molecule has 0 saturated heterocycles. The molecule has 0 aliphatic carbocycles. The van der Waals surface area contributed by atoms with E-state index in [2.05, 4.69) is 5.43 Å². The molecule has 74 valence electrons. The molecule has 1 aromatic rings. The van der Waals surface area contributed by atoms with Crippen LogP contribution in [0.25, 0.3) is 0 Å². The van der Waals surface area contributed by atoms with Crippen LogP contribution in [0.2, 0.25) is 5.02 Å². The molecule has 0 spiro atoms. The molecule has 0 atom stereocenters. The molecule has 0 aromatic heterocycles. The van der Waals surface area contributed by atoms with Crippen LogP contribution < -0.4 is 16.0 Å². The molecule has 3 N–H and O–H groups in total. The normalized spacial score (nSPS) is 8.92. The van der Waals surface area contributed by atoms with Crippen molar-refractivity contribution in [1.29, 1.82) is 0 Å². The molecule has 0 amide bonds. The van der Waals surface area contributed by atoms with Crippen LogP contribution in [-0.4, -0.2) is 7.11 Å². The van der Waals surface area contributed by atoms with Crippen LogP contribution in [-0.2, 0) is 0 Å². The number of ether oxygens (including phenoxy) is 1. The molecule has 0 radical (unpaired) electrons. The average Bonchev–Trinajstić information content (AvgIpc) is 2.09. The van der Waals surface area contributed by atoms with Gasteiger partial charge in [-0.25, -0.2) is 0 Å². The Bertz CT molecular complexity index is 263. The van der Waals surface area contributed by atoms with E-state index in [1.807, 2.05) is 13.0 Å². The first-order valence-corrected chi connectivity index (χ1v) is 3.87. The Morgan fingerprint density at radius 1 is 1.46 bits per heavy atom. The molecular weight excluding hydrogens is 211 g/mol. The van der Waals surface area contributed by atoms with Crippen molar-refractivity contribution in [1.82, 2.24) is 0 Å². The number of halogens is 2. The number of nitrogens with one attached hydrogen (secondary N) is 1. The number of hydrazine groups is 1. The van der Waals surface area contributed by atoms with Crippen LogP contribution in [0.15, 0.2) is 12.1 Å². The molecule has 0 aliphatic heterocycles. The SMILES string of the molecule is COc1cc(Cl)c(C)cc1NN.Cl. The number of benzene rings is 1. The van der Waals surface area contributed by atoms with Crippen molar-refractivity contribution in [3.63, 3.8) is 0 Å². The summed E-state index contributed by atoms with van der Waals surface area (Å²) in [6.07, 6.45) is 0. The highest BCUT2D eigenvalue weighted by Crippen LogP contribution is 2.29. The van der Waals surface area contributed by atoms with Gasteiger partial charge in [0.25, 0.3) is 0 Å². The highest BCUT2D eigenvalue weighted by Gasteiger charge is 2.04. The van der Waals surface area contributed by atoms with Crippen LogP contribution >= 0.6 is 24.0 Å². The minimum Gasteiger partial charge on any atom is -0.494 e. The van der Waals surface area contributed by atoms with Gasteiger partial charge in [0.15, 0.2) is 0 Å². The molecule has 0 fully saturated rings. The maximum absolute atomic E-state index is 5.87. The Hall–Kier alpha value is -0.640. The number of rotatable bonds is 2. The fraction of sp³-hybridized carbons (Fsp3) is 0.250. The van der Waals surface area contributed by atoms with Gasteiger partial charge in [-0.1, -0.05) is 11.6 Å². The average molecular weight is 223 g/mol. The van der Waals surface area contributed by atoms with E-state index in [1.54, 1.807) is 13.2 Å². The quantitative estimate of drug-likeness (QED) is 0.597. The van der Waals surface area contributed by atoms with Gasteiger partial charge in [-0.05, 0) is 18.6 Å². The van der Waals surface area contributed by atoms with E-state index in [9.17, 15) is 0 Å². The first kappa shape index (κ1) is 12.4. The lowest BCUT2D eigenvalue weighted by Gasteiger charge is -2.09. The predicted octanol–water partition coefficient (Wildman–Crippen LogP) is 2.36. The van der Waals surface area contributed by atoms with Crippen molar-refractivity contribution >= 4 is 29.7 Å². The second-order valence-corrected chi connectivity index (χ2v) is 2.85. The number of aryl methyl sites for hydroxylation is 1. The van der Waals surface area contributed by atoms with Crippen molar-refractivity contribution in [2.75, 3.05) is 12.5 Å². The Morgan fingerprint density at radius 3 is 2.54 bits per heavy atom. The summed E-state index contributed by atoms with van der Waals surface area (Å²) in [4.78, 5) is 0. The molecule has 13 heavy (non-hydrogen) atoms. The zero-order chi connectivity index (χ0) is 9.14. The highest BCUT2D eigenvalue weighted by atomic mass is 35.5. The van der Waals surface area contributed by atoms with Gasteiger partial charge in [-0.15, -0.1) is 12.4 Å². The third-order valence-electron chi connectivity index (χ3n) is 1.64. The summed E-state index contributed by atoms with van der Waals surface area (Å²) in [5.74, 6) is 5.92. The molecule has 0 saturated carbocycles. The van der Waals surface area contributed by atoms with Gasteiger partial charge in [-0.2, -0.15) is 0 Å². The lowest BCUT2D eigenvalue weighted by Crippen LogP contribution is -2.08. The zero-order valence-electron chi connectivity index (χ0n) is 7.43. The van der Waals surface area contributed by atoms with E-state index in [-0.39, 0.29) is 12.4 Å². The topological polar surface area (TPSA) is 47.3 Å². The maximum Gasteiger partial charge on any atom is 0.144 e. The number of methoxy groups -OCH3 is 1. The third-order valence-corrected chi connectivity index (χ3v) is 2.04. The molecule has 0 heterocycles. The second kappa shape index (κ2) is 5.17. The van der Waals surface area contributed by atoms with Crippen molar-refractivity contribution in [3.05, 3.63) is 22.7 Å². The van der Waals surface area contributed by atoms with Crippen LogP contribution in [0.4, 0.5) is 5.69 Å². The van der Waals surface area contributed by atoms with Gasteiger partial charge in [0.2, 0.25) is 0 Å². The Balaban J connectivity index is 0.00000144. The molecular formula is C8H12Cl2N2O. The number of hydrogen-bond donors (Lipinski definition) is 2. The summed E-state index contributed by atoms with van der Waals surface area (Å²) in [5.41, 5.74) is 4.23. The van der Waals surface area contributed by atoms with Gasteiger partial charge >= 0.3 is 0 Å². The monoisotopic (exact) mass is 222 g/mol. The van der Waals surface area contributed by atoms with E-state index in [0.717, 1.165) is 11.3 Å². The molecule has 5 heteroatoms. The van der Waals surface area contributed by atoms with Gasteiger partial charge in [0.1, 0.15) is 5.75 Å². The largest absolute Gasteiger partial charge is 0.494 e. The van der Waals surface area contributed by atoms with E-state index in [0.29, 0.717) is 10.8 Å². The van der Waals surface area contributed by atoms with Crippen LogP contribution in [0.3, 0.4) is 0 Å². The van der Waals surface area contributed by atoms with Crippen LogP contribution in [0.5, 0.6) is 5.75 Å². The van der Waals surface area contributed by atoms with Crippen LogP contribution in [0.1, 0.15) is 5.56 Å². The van der Waals surface area contributed by atoms with Crippen LogP contribution in [0, 0.1) is 6.92 Å². The highest BCUT2D eigenvalue weighted by molar-refractivity contribution is 6.31. The number of hydrogen-bond acceptors (Lipinski definition) is 3. The first-order valence-electron chi connectivity index (χ1n) is 3.49. The summed E-state index contributed by atoms with van der Waals surface area (Å²) in [5, 5.41) is 0.672. The van der Waals surface area contributed by atoms with E-state index in [4.69, 9.17) is 22.2 Å². The smallest absolute Gasteiger partial charge is 0.144 e. The third kappa shape index (κ3) is 2.66. The van der Waals surface area contributed by atoms with Crippen molar-refractivity contribution in [3.8, 4) is 5.75 Å². The molecule has 0 bridgehead atoms. The maximum atomic E-state index is 5.87. The zero-order valence-corrected chi connectivity index (χ0v) is 9.00. The van der Waals surface area contributed by atoms with E-state index in [1.165, 1.54) is 0 Å². The summed E-state index contributed by atoms with van der Waals surface area (Å²) < 4.78 is 5.05. The molecule has 1 rings (SSSR count). The fourth-order valence-corrected chi connectivity index (χ4v) is 1.10. The predicted molar refractivity (Wildman–Crippen MR) is 57.8 cm³/mol. The lowest BCUT2D eigenvalue weighted by molar-refractivity contribution is 0.416. The van der Waals surface area contributed by atoms with Gasteiger partial charge < -0.3 is 10.2 Å². The van der Waals surface area contributed by atoms with Crippen molar-refractivity contribution < 1.29 is 4.74 Å². The minimum absolute atomic E-state index is 0. The summed E-state index contributed by atoms with van der Waals surface area (Å²) in [6, 6.07) is 3.56. The first-order chi connectivity index (χ1) is 5.69. The second-order valence-electron chi connectivity index (χ2n) is 2.45. The summed E-state index contributed by atoms with van der Waals surface area (Å²) >= 11 is 5.87. The fourth-order valence-electron chi connectivity index (χ4n) is 0.945. The van der Waals surface area contributed by atoms with E-state index < -0.39 is 0 Å². The lowest BCUT2D eigenvalue weighted by atomic mass is 10.2. The standard InChI is InChI=1S/C8H11ClN2O.ClH/c1-5-3-7(11-10)8(12-2)4-6(5)9;/h3-4,11H,10H2,1-2H3;1H. The molecule has 1 aromatic carbocycles. The number of nitrogen functional groups attached to an aromatic ring is 1.